The monoisotopic (exact) mass is 360 g/mol. The molecule has 1 aliphatic carbocycles. The molecule has 134 valence electrons. The van der Waals surface area contributed by atoms with E-state index in [9.17, 15) is 9.59 Å². The maximum atomic E-state index is 12.8. The van der Waals surface area contributed by atoms with Gasteiger partial charge in [0.2, 0.25) is 0 Å². The van der Waals surface area contributed by atoms with Crippen LogP contribution in [-0.4, -0.2) is 22.6 Å². The smallest absolute Gasteiger partial charge is 0.306 e. The summed E-state index contributed by atoms with van der Waals surface area (Å²) < 4.78 is 11.0. The lowest BCUT2D eigenvalue weighted by molar-refractivity contribution is -0.155. The summed E-state index contributed by atoms with van der Waals surface area (Å²) in [6, 6.07) is 0. The average molecular weight is 360 g/mol. The largest absolute Gasteiger partial charge is 0.464 e. The van der Waals surface area contributed by atoms with E-state index in [0.717, 1.165) is 24.0 Å². The van der Waals surface area contributed by atoms with Crippen LogP contribution in [0.15, 0.2) is 46.8 Å². The van der Waals surface area contributed by atoms with Gasteiger partial charge in [-0.05, 0) is 63.5 Å². The van der Waals surface area contributed by atoms with Gasteiger partial charge in [0.25, 0.3) is 0 Å². The van der Waals surface area contributed by atoms with E-state index in [4.69, 9.17) is 9.47 Å². The van der Waals surface area contributed by atoms with Gasteiger partial charge < -0.3 is 9.47 Å². The quantitative estimate of drug-likeness (QED) is 0.694. The highest BCUT2D eigenvalue weighted by Gasteiger charge is 2.34. The van der Waals surface area contributed by atoms with Crippen LogP contribution in [0.1, 0.15) is 46.5 Å². The molecule has 0 aromatic rings. The minimum Gasteiger partial charge on any atom is -0.464 e. The third-order valence-electron chi connectivity index (χ3n) is 4.29. The first-order valence-corrected chi connectivity index (χ1v) is 9.64. The van der Waals surface area contributed by atoms with Crippen molar-refractivity contribution < 1.29 is 19.1 Å². The molecule has 0 fully saturated rings. The molecule has 2 unspecified atom stereocenters. The molecule has 3 rings (SSSR count). The van der Waals surface area contributed by atoms with E-state index in [1.165, 1.54) is 11.8 Å². The number of ketones is 1. The topological polar surface area (TPSA) is 52.6 Å². The molecule has 5 heteroatoms. The summed E-state index contributed by atoms with van der Waals surface area (Å²) >= 11 is 1.53. The van der Waals surface area contributed by atoms with Crippen LogP contribution in [0.3, 0.4) is 0 Å². The number of esters is 1. The first-order valence-electron chi connectivity index (χ1n) is 8.69. The van der Waals surface area contributed by atoms with Gasteiger partial charge in [-0.25, -0.2) is 0 Å². The van der Waals surface area contributed by atoms with Gasteiger partial charge in [0.15, 0.2) is 5.78 Å². The Balaban J connectivity index is 1.54. The van der Waals surface area contributed by atoms with Crippen molar-refractivity contribution in [1.29, 1.82) is 0 Å². The molecule has 25 heavy (non-hydrogen) atoms. The van der Waals surface area contributed by atoms with Crippen LogP contribution in [0.4, 0.5) is 0 Å². The number of Topliss-reactive ketones (excluding diaryl/α,β-unsaturated/α-hetero) is 1. The van der Waals surface area contributed by atoms with E-state index >= 15 is 0 Å². The minimum absolute atomic E-state index is 0.148. The molecule has 0 amide bonds. The first-order chi connectivity index (χ1) is 11.8. The van der Waals surface area contributed by atoms with Gasteiger partial charge in [-0.3, -0.25) is 9.59 Å². The molecule has 0 saturated heterocycles. The zero-order valence-electron chi connectivity index (χ0n) is 14.9. The molecule has 2 atom stereocenters. The number of hydrogen-bond donors (Lipinski definition) is 0. The van der Waals surface area contributed by atoms with Crippen molar-refractivity contribution in [3.63, 3.8) is 0 Å². The third kappa shape index (κ3) is 4.46. The highest BCUT2D eigenvalue weighted by Crippen LogP contribution is 2.39. The Morgan fingerprint density at radius 1 is 1.36 bits per heavy atom. The fourth-order valence-corrected chi connectivity index (χ4v) is 4.10. The van der Waals surface area contributed by atoms with Crippen LogP contribution in [0, 0.1) is 5.92 Å². The Bertz CT molecular complexity index is 691. The molecular weight excluding hydrogens is 336 g/mol. The van der Waals surface area contributed by atoms with Gasteiger partial charge in [-0.2, -0.15) is 0 Å². The highest BCUT2D eigenvalue weighted by atomic mass is 32.2. The Hall–Kier alpha value is -1.75. The molecule has 4 nitrogen and oxygen atoms in total. The van der Waals surface area contributed by atoms with Crippen LogP contribution in [0.25, 0.3) is 0 Å². The Labute approximate surface area is 153 Å². The lowest BCUT2D eigenvalue weighted by Crippen LogP contribution is -2.24. The molecule has 3 aliphatic rings. The minimum atomic E-state index is -0.441. The average Bonchev–Trinajstić information content (AvgIpc) is 2.95. The molecule has 0 aromatic heterocycles. The SMILES string of the molecule is CC(C)(C)OC(=O)CCCC1C=CC2=C(C1)C(=O)C1SC=CC1=CO2. The van der Waals surface area contributed by atoms with Crippen molar-refractivity contribution in [3.8, 4) is 0 Å². The van der Waals surface area contributed by atoms with E-state index < -0.39 is 5.60 Å². The number of ether oxygens (including phenoxy) is 2. The van der Waals surface area contributed by atoms with Gasteiger partial charge in [-0.15, -0.1) is 11.8 Å². The lowest BCUT2D eigenvalue weighted by Gasteiger charge is -2.22. The number of thioether (sulfide) groups is 1. The lowest BCUT2D eigenvalue weighted by atomic mass is 9.86. The van der Waals surface area contributed by atoms with Gasteiger partial charge in [-0.1, -0.05) is 6.08 Å². The van der Waals surface area contributed by atoms with Crippen LogP contribution >= 0.6 is 11.8 Å². The number of allylic oxidation sites excluding steroid dienone is 4. The zero-order valence-corrected chi connectivity index (χ0v) is 15.7. The zero-order chi connectivity index (χ0) is 18.0. The van der Waals surface area contributed by atoms with Crippen LogP contribution in [0.5, 0.6) is 0 Å². The van der Waals surface area contributed by atoms with Crippen LogP contribution in [-0.2, 0) is 19.1 Å². The maximum Gasteiger partial charge on any atom is 0.306 e. The first kappa shape index (κ1) is 18.1. The van der Waals surface area contributed by atoms with Crippen molar-refractivity contribution in [1.82, 2.24) is 0 Å². The van der Waals surface area contributed by atoms with Gasteiger partial charge in [0.05, 0.1) is 11.5 Å². The van der Waals surface area contributed by atoms with E-state index in [0.29, 0.717) is 18.6 Å². The number of fused-ring (bicyclic) bond motifs is 1. The summed E-state index contributed by atoms with van der Waals surface area (Å²) in [7, 11) is 0. The normalized spacial score (nSPS) is 25.1. The molecule has 0 radical (unpaired) electrons. The van der Waals surface area contributed by atoms with Crippen molar-refractivity contribution in [2.45, 2.75) is 57.3 Å². The second-order valence-corrected chi connectivity index (χ2v) is 8.58. The summed E-state index contributed by atoms with van der Waals surface area (Å²) in [4.78, 5) is 24.6. The van der Waals surface area contributed by atoms with Gasteiger partial charge in [0, 0.05) is 17.6 Å². The van der Waals surface area contributed by atoms with E-state index in [1.807, 2.05) is 38.3 Å². The van der Waals surface area contributed by atoms with E-state index in [-0.39, 0.29) is 22.9 Å². The number of carbonyl (C=O) groups is 2. The van der Waals surface area contributed by atoms with Crippen molar-refractivity contribution in [3.05, 3.63) is 46.8 Å². The van der Waals surface area contributed by atoms with Crippen molar-refractivity contribution >= 4 is 23.5 Å². The second-order valence-electron chi connectivity index (χ2n) is 7.56. The van der Waals surface area contributed by atoms with Gasteiger partial charge in [0.1, 0.15) is 11.4 Å². The second kappa shape index (κ2) is 7.24. The van der Waals surface area contributed by atoms with Crippen LogP contribution in [0.2, 0.25) is 0 Å². The predicted molar refractivity (Wildman–Crippen MR) is 98.7 cm³/mol. The molecule has 0 bridgehead atoms. The fourth-order valence-electron chi connectivity index (χ4n) is 3.15. The Morgan fingerprint density at radius 2 is 2.16 bits per heavy atom. The third-order valence-corrected chi connectivity index (χ3v) is 5.35. The predicted octanol–water partition coefficient (Wildman–Crippen LogP) is 4.44. The maximum absolute atomic E-state index is 12.8. The molecule has 0 saturated carbocycles. The van der Waals surface area contributed by atoms with E-state index in [2.05, 4.69) is 6.08 Å². The number of rotatable bonds is 4. The molecule has 0 aromatic carbocycles. The molecule has 2 aliphatic heterocycles. The summed E-state index contributed by atoms with van der Waals surface area (Å²) in [6.45, 7) is 5.62. The molecular formula is C20H24O4S. The van der Waals surface area contributed by atoms with Crippen molar-refractivity contribution in [2.75, 3.05) is 0 Å². The summed E-state index contributed by atoms with van der Waals surface area (Å²) in [5.41, 5.74) is 1.26. The Kier molecular flexibility index (Phi) is 5.23. The molecule has 0 N–H and O–H groups in total. The van der Waals surface area contributed by atoms with Gasteiger partial charge >= 0.3 is 5.97 Å². The summed E-state index contributed by atoms with van der Waals surface area (Å²) in [5, 5.41) is 1.78. The summed E-state index contributed by atoms with van der Waals surface area (Å²) in [6.07, 6.45) is 10.3. The molecule has 0 spiro atoms. The highest BCUT2D eigenvalue weighted by molar-refractivity contribution is 8.04. The standard InChI is InChI=1S/C20H24O4S/c1-20(2,3)24-17(21)6-4-5-13-7-8-16-15(11-13)18(22)19-14(12-23-16)9-10-25-19/h7-10,12-13,19H,4-6,11H2,1-3H3. The van der Waals surface area contributed by atoms with Crippen LogP contribution < -0.4 is 0 Å². The Morgan fingerprint density at radius 3 is 2.92 bits per heavy atom. The summed E-state index contributed by atoms with van der Waals surface area (Å²) in [5.74, 6) is 0.914. The number of carbonyl (C=O) groups excluding carboxylic acids is 2. The van der Waals surface area contributed by atoms with E-state index in [1.54, 1.807) is 6.26 Å². The number of hydrogen-bond acceptors (Lipinski definition) is 5. The molecule has 2 heterocycles. The van der Waals surface area contributed by atoms with Crippen molar-refractivity contribution in [2.24, 2.45) is 5.92 Å². The fraction of sp³-hybridized carbons (Fsp3) is 0.500.